The Morgan fingerprint density at radius 1 is 1.21 bits per heavy atom. The summed E-state index contributed by atoms with van der Waals surface area (Å²) in [6.07, 6.45) is 2.73. The SMILES string of the molecule is COc1cccc([C@H]2C[C@H](O)CN2c2cc(C)nc(C3CC3)n2)c1. The lowest BCUT2D eigenvalue weighted by atomic mass is 10.0. The molecule has 1 aliphatic heterocycles. The molecule has 2 fully saturated rings. The van der Waals surface area contributed by atoms with Crippen LogP contribution in [0.1, 0.15) is 48.3 Å². The van der Waals surface area contributed by atoms with Crippen LogP contribution in [0.2, 0.25) is 0 Å². The van der Waals surface area contributed by atoms with Gasteiger partial charge in [0, 0.05) is 24.2 Å². The van der Waals surface area contributed by atoms with Gasteiger partial charge in [-0.2, -0.15) is 0 Å². The first-order valence-corrected chi connectivity index (χ1v) is 8.58. The molecule has 5 nitrogen and oxygen atoms in total. The van der Waals surface area contributed by atoms with Crippen molar-refractivity contribution in [1.82, 2.24) is 9.97 Å². The highest BCUT2D eigenvalue weighted by Crippen LogP contribution is 2.41. The van der Waals surface area contributed by atoms with Gasteiger partial charge in [0.05, 0.1) is 19.3 Å². The van der Waals surface area contributed by atoms with Crippen LogP contribution < -0.4 is 9.64 Å². The summed E-state index contributed by atoms with van der Waals surface area (Å²) in [5.41, 5.74) is 2.14. The van der Waals surface area contributed by atoms with Crippen LogP contribution in [-0.4, -0.2) is 34.8 Å². The number of aliphatic hydroxyl groups is 1. The van der Waals surface area contributed by atoms with Crippen LogP contribution in [-0.2, 0) is 0 Å². The molecule has 1 aliphatic carbocycles. The van der Waals surface area contributed by atoms with Gasteiger partial charge in [-0.25, -0.2) is 9.97 Å². The van der Waals surface area contributed by atoms with Crippen LogP contribution in [0.3, 0.4) is 0 Å². The van der Waals surface area contributed by atoms with E-state index in [-0.39, 0.29) is 12.1 Å². The van der Waals surface area contributed by atoms with Gasteiger partial charge in [-0.3, -0.25) is 0 Å². The molecular weight excluding hydrogens is 302 g/mol. The normalized spacial score (nSPS) is 23.5. The van der Waals surface area contributed by atoms with Crippen molar-refractivity contribution in [2.45, 2.75) is 44.2 Å². The maximum absolute atomic E-state index is 10.3. The summed E-state index contributed by atoms with van der Waals surface area (Å²) in [5, 5.41) is 10.3. The van der Waals surface area contributed by atoms with Gasteiger partial charge in [0.25, 0.3) is 0 Å². The minimum atomic E-state index is -0.346. The van der Waals surface area contributed by atoms with E-state index in [1.807, 2.05) is 31.2 Å². The first kappa shape index (κ1) is 15.4. The molecule has 0 radical (unpaired) electrons. The van der Waals surface area contributed by atoms with Gasteiger partial charge >= 0.3 is 0 Å². The van der Waals surface area contributed by atoms with Crippen LogP contribution in [0.4, 0.5) is 5.82 Å². The Morgan fingerprint density at radius 3 is 2.79 bits per heavy atom. The molecule has 1 saturated heterocycles. The zero-order valence-corrected chi connectivity index (χ0v) is 14.1. The highest BCUT2D eigenvalue weighted by molar-refractivity contribution is 5.47. The topological polar surface area (TPSA) is 58.5 Å². The second-order valence-corrected chi connectivity index (χ2v) is 6.83. The van der Waals surface area contributed by atoms with Crippen LogP contribution in [0.5, 0.6) is 5.75 Å². The van der Waals surface area contributed by atoms with Crippen LogP contribution >= 0.6 is 0 Å². The number of aliphatic hydroxyl groups excluding tert-OH is 1. The zero-order chi connectivity index (χ0) is 16.7. The number of nitrogens with zero attached hydrogens (tertiary/aromatic N) is 3. The number of aromatic nitrogens is 2. The third-order valence-electron chi connectivity index (χ3n) is 4.85. The van der Waals surface area contributed by atoms with Crippen molar-refractivity contribution in [3.05, 3.63) is 47.4 Å². The standard InChI is InChI=1S/C19H23N3O2/c1-12-8-18(21-19(20-12)13-6-7-13)22-11-15(23)10-17(22)14-4-3-5-16(9-14)24-2/h3-5,8-9,13,15,17,23H,6-7,10-11H2,1-2H3/t15-,17+/m0/s1. The molecule has 2 aromatic rings. The molecule has 0 unspecified atom stereocenters. The van der Waals surface area contributed by atoms with Crippen molar-refractivity contribution in [3.8, 4) is 5.75 Å². The number of hydrogen-bond acceptors (Lipinski definition) is 5. The molecule has 5 heteroatoms. The molecule has 24 heavy (non-hydrogen) atoms. The first-order valence-electron chi connectivity index (χ1n) is 8.58. The number of ether oxygens (including phenoxy) is 1. The Hall–Kier alpha value is -2.14. The van der Waals surface area contributed by atoms with Gasteiger partial charge in [-0.15, -0.1) is 0 Å². The number of aryl methyl sites for hydroxylation is 1. The second kappa shape index (κ2) is 6.06. The maximum Gasteiger partial charge on any atom is 0.134 e. The quantitative estimate of drug-likeness (QED) is 0.936. The van der Waals surface area contributed by atoms with Gasteiger partial charge in [-0.1, -0.05) is 12.1 Å². The smallest absolute Gasteiger partial charge is 0.134 e. The minimum Gasteiger partial charge on any atom is -0.497 e. The average Bonchev–Trinajstić information content (AvgIpc) is 3.36. The number of methoxy groups -OCH3 is 1. The lowest BCUT2D eigenvalue weighted by Gasteiger charge is -2.26. The fourth-order valence-corrected chi connectivity index (χ4v) is 3.48. The summed E-state index contributed by atoms with van der Waals surface area (Å²) in [6.45, 7) is 2.62. The number of rotatable bonds is 4. The Morgan fingerprint density at radius 2 is 2.04 bits per heavy atom. The lowest BCUT2D eigenvalue weighted by molar-refractivity contribution is 0.194. The molecule has 1 N–H and O–H groups in total. The molecule has 0 spiro atoms. The van der Waals surface area contributed by atoms with E-state index < -0.39 is 0 Å². The van der Waals surface area contributed by atoms with Crippen LogP contribution in [0.15, 0.2) is 30.3 Å². The Labute approximate surface area is 142 Å². The Kier molecular flexibility index (Phi) is 3.88. The third kappa shape index (κ3) is 2.96. The molecule has 1 aromatic carbocycles. The number of benzene rings is 1. The van der Waals surface area contributed by atoms with E-state index in [4.69, 9.17) is 9.72 Å². The van der Waals surface area contributed by atoms with Crippen molar-refractivity contribution >= 4 is 5.82 Å². The van der Waals surface area contributed by atoms with E-state index in [2.05, 4.69) is 16.0 Å². The molecule has 2 atom stereocenters. The molecule has 1 saturated carbocycles. The van der Waals surface area contributed by atoms with E-state index in [1.54, 1.807) is 7.11 Å². The molecule has 0 amide bonds. The van der Waals surface area contributed by atoms with Gasteiger partial charge in [0.1, 0.15) is 17.4 Å². The lowest BCUT2D eigenvalue weighted by Crippen LogP contribution is -2.26. The largest absolute Gasteiger partial charge is 0.497 e. The second-order valence-electron chi connectivity index (χ2n) is 6.83. The van der Waals surface area contributed by atoms with E-state index >= 15 is 0 Å². The van der Waals surface area contributed by atoms with Crippen molar-refractivity contribution in [3.63, 3.8) is 0 Å². The summed E-state index contributed by atoms with van der Waals surface area (Å²) in [7, 11) is 1.68. The first-order chi connectivity index (χ1) is 11.6. The molecule has 1 aromatic heterocycles. The number of hydrogen-bond donors (Lipinski definition) is 1. The van der Waals surface area contributed by atoms with E-state index in [0.29, 0.717) is 18.9 Å². The summed E-state index contributed by atoms with van der Waals surface area (Å²) >= 11 is 0. The van der Waals surface area contributed by atoms with E-state index in [1.165, 1.54) is 12.8 Å². The van der Waals surface area contributed by atoms with E-state index in [0.717, 1.165) is 28.6 Å². The van der Waals surface area contributed by atoms with Crippen LogP contribution in [0, 0.1) is 6.92 Å². The van der Waals surface area contributed by atoms with Gasteiger partial charge in [0.2, 0.25) is 0 Å². The Balaban J connectivity index is 1.70. The number of anilines is 1. The predicted molar refractivity (Wildman–Crippen MR) is 92.4 cm³/mol. The van der Waals surface area contributed by atoms with Crippen molar-refractivity contribution in [2.24, 2.45) is 0 Å². The molecule has 4 rings (SSSR count). The third-order valence-corrected chi connectivity index (χ3v) is 4.85. The van der Waals surface area contributed by atoms with Gasteiger partial charge in [-0.05, 0) is 43.9 Å². The van der Waals surface area contributed by atoms with Crippen molar-refractivity contribution in [1.29, 1.82) is 0 Å². The monoisotopic (exact) mass is 325 g/mol. The fourth-order valence-electron chi connectivity index (χ4n) is 3.48. The van der Waals surface area contributed by atoms with Gasteiger partial charge in [0.15, 0.2) is 0 Å². The molecular formula is C19H23N3O2. The average molecular weight is 325 g/mol. The maximum atomic E-state index is 10.3. The Bertz CT molecular complexity index is 745. The minimum absolute atomic E-state index is 0.108. The fraction of sp³-hybridized carbons (Fsp3) is 0.474. The summed E-state index contributed by atoms with van der Waals surface area (Å²) < 4.78 is 5.35. The highest BCUT2D eigenvalue weighted by atomic mass is 16.5. The molecule has 126 valence electrons. The van der Waals surface area contributed by atoms with Crippen molar-refractivity contribution in [2.75, 3.05) is 18.6 Å². The molecule has 2 aliphatic rings. The van der Waals surface area contributed by atoms with Gasteiger partial charge < -0.3 is 14.7 Å². The summed E-state index contributed by atoms with van der Waals surface area (Å²) in [6, 6.07) is 10.2. The molecule has 0 bridgehead atoms. The van der Waals surface area contributed by atoms with Crippen molar-refractivity contribution < 1.29 is 9.84 Å². The predicted octanol–water partition coefficient (Wildman–Crippen LogP) is 2.98. The summed E-state index contributed by atoms with van der Waals surface area (Å²) in [5.74, 6) is 3.24. The summed E-state index contributed by atoms with van der Waals surface area (Å²) in [4.78, 5) is 11.6. The number of β-amino-alcohol motifs (C(OH)–C–C–N with tert-alkyl or cyclic N) is 1. The highest BCUT2D eigenvalue weighted by Gasteiger charge is 2.34. The van der Waals surface area contributed by atoms with E-state index in [9.17, 15) is 5.11 Å². The van der Waals surface area contributed by atoms with Crippen LogP contribution in [0.25, 0.3) is 0 Å². The molecule has 2 heterocycles. The zero-order valence-electron chi connectivity index (χ0n) is 14.1.